The Morgan fingerprint density at radius 1 is 1.02 bits per heavy atom. The first-order valence-electron chi connectivity index (χ1n) is 13.2. The van der Waals surface area contributed by atoms with Crippen molar-refractivity contribution in [2.24, 2.45) is 4.99 Å². The number of aromatic nitrogens is 1. The van der Waals surface area contributed by atoms with Crippen LogP contribution in [0.4, 0.5) is 0 Å². The number of hydrogen-bond donors (Lipinski definition) is 1. The maximum absolute atomic E-state index is 14.0. The zero-order chi connectivity index (χ0) is 28.1. The molecule has 202 valence electrons. The highest BCUT2D eigenvalue weighted by Crippen LogP contribution is 2.43. The molecule has 0 bridgehead atoms. The molecule has 0 radical (unpaired) electrons. The van der Waals surface area contributed by atoms with E-state index >= 15 is 0 Å². The molecule has 7 nitrogen and oxygen atoms in total. The summed E-state index contributed by atoms with van der Waals surface area (Å²) in [6.07, 6.45) is 3.42. The smallest absolute Gasteiger partial charge is 0.335 e. The number of methoxy groups -OCH3 is 1. The summed E-state index contributed by atoms with van der Waals surface area (Å²) >= 11 is 1.34. The number of benzene rings is 3. The van der Waals surface area contributed by atoms with Crippen molar-refractivity contribution in [3.63, 3.8) is 0 Å². The van der Waals surface area contributed by atoms with Gasteiger partial charge in [0.25, 0.3) is 5.56 Å². The van der Waals surface area contributed by atoms with E-state index in [0.717, 1.165) is 46.6 Å². The van der Waals surface area contributed by atoms with Crippen LogP contribution in [0.2, 0.25) is 0 Å². The van der Waals surface area contributed by atoms with Gasteiger partial charge in [0.15, 0.2) is 4.80 Å². The molecule has 7 rings (SSSR count). The standard InChI is InChI=1S/C33H24N2O5S/c1-39-27-9-5-4-8-24(27)30-25-16-14-19-6-2-3-7-23(19)29(25)34-33-35(30)31(36)28(41-33)18-22-15-17-26(40-22)20-10-12-21(13-11-20)32(37)38/h2-13,15,17-18,30H,14,16H2,1H3,(H,37,38)/b28-18-/t30-/m1/s1. The highest BCUT2D eigenvalue weighted by Gasteiger charge is 2.34. The Balaban J connectivity index is 1.38. The van der Waals surface area contributed by atoms with Gasteiger partial charge in [0.05, 0.1) is 28.9 Å². The van der Waals surface area contributed by atoms with Gasteiger partial charge >= 0.3 is 5.97 Å². The van der Waals surface area contributed by atoms with Crippen LogP contribution in [0.1, 0.15) is 45.3 Å². The third-order valence-corrected chi connectivity index (χ3v) is 8.61. The van der Waals surface area contributed by atoms with Gasteiger partial charge < -0.3 is 14.3 Å². The van der Waals surface area contributed by atoms with Gasteiger partial charge in [0, 0.05) is 22.8 Å². The fraction of sp³-hybridized carbons (Fsp3) is 0.121. The van der Waals surface area contributed by atoms with Gasteiger partial charge in [0.2, 0.25) is 0 Å². The molecule has 41 heavy (non-hydrogen) atoms. The molecule has 0 spiro atoms. The number of fused-ring (bicyclic) bond motifs is 3. The predicted octanol–water partition coefficient (Wildman–Crippen LogP) is 5.29. The third-order valence-electron chi connectivity index (χ3n) is 7.62. The highest BCUT2D eigenvalue weighted by molar-refractivity contribution is 7.07. The van der Waals surface area contributed by atoms with Crippen molar-refractivity contribution in [2.75, 3.05) is 7.11 Å². The fourth-order valence-corrected chi connectivity index (χ4v) is 6.66. The number of furan rings is 1. The van der Waals surface area contributed by atoms with E-state index in [-0.39, 0.29) is 17.2 Å². The van der Waals surface area contributed by atoms with E-state index in [1.807, 2.05) is 36.4 Å². The lowest BCUT2D eigenvalue weighted by atomic mass is 9.83. The second kappa shape index (κ2) is 9.91. The van der Waals surface area contributed by atoms with E-state index in [0.29, 0.717) is 20.9 Å². The maximum atomic E-state index is 14.0. The van der Waals surface area contributed by atoms with Crippen molar-refractivity contribution in [3.05, 3.63) is 138 Å². The van der Waals surface area contributed by atoms with Gasteiger partial charge in [-0.15, -0.1) is 0 Å². The number of nitrogens with zero attached hydrogens (tertiary/aromatic N) is 2. The molecule has 0 unspecified atom stereocenters. The highest BCUT2D eigenvalue weighted by atomic mass is 32.1. The average molecular weight is 561 g/mol. The molecule has 0 amide bonds. The zero-order valence-electron chi connectivity index (χ0n) is 22.0. The number of para-hydroxylation sites is 1. The van der Waals surface area contributed by atoms with Crippen molar-refractivity contribution < 1.29 is 19.1 Å². The molecule has 3 heterocycles. The van der Waals surface area contributed by atoms with Crippen molar-refractivity contribution in [1.29, 1.82) is 0 Å². The van der Waals surface area contributed by atoms with E-state index in [1.54, 1.807) is 36.0 Å². The topological polar surface area (TPSA) is 94.0 Å². The summed E-state index contributed by atoms with van der Waals surface area (Å²) in [5, 5.41) is 9.17. The molecule has 1 aliphatic carbocycles. The fourth-order valence-electron chi connectivity index (χ4n) is 5.68. The van der Waals surface area contributed by atoms with Crippen molar-refractivity contribution in [1.82, 2.24) is 4.57 Å². The molecule has 1 atom stereocenters. The number of ether oxygens (including phenoxy) is 1. The Labute approximate surface area is 238 Å². The number of carboxylic acid groups (broad SMARTS) is 1. The van der Waals surface area contributed by atoms with E-state index in [9.17, 15) is 14.7 Å². The minimum Gasteiger partial charge on any atom is -0.496 e. The van der Waals surface area contributed by atoms with E-state index in [2.05, 4.69) is 18.2 Å². The Bertz CT molecular complexity index is 2050. The number of carboxylic acids is 1. The average Bonchev–Trinajstić information content (AvgIpc) is 3.60. The molecule has 2 aliphatic rings. The van der Waals surface area contributed by atoms with Crippen LogP contribution in [-0.2, 0) is 6.42 Å². The van der Waals surface area contributed by atoms with Gasteiger partial charge in [0.1, 0.15) is 17.3 Å². The number of rotatable bonds is 5. The molecule has 0 saturated heterocycles. The number of carbonyl (C=O) groups is 1. The van der Waals surface area contributed by atoms with E-state index < -0.39 is 5.97 Å². The zero-order valence-corrected chi connectivity index (χ0v) is 22.9. The third kappa shape index (κ3) is 4.24. The molecule has 1 aliphatic heterocycles. The minimum atomic E-state index is -0.983. The quantitative estimate of drug-likeness (QED) is 0.316. The van der Waals surface area contributed by atoms with Gasteiger partial charge in [-0.25, -0.2) is 9.79 Å². The van der Waals surface area contributed by atoms with Gasteiger partial charge in [-0.3, -0.25) is 9.36 Å². The van der Waals surface area contributed by atoms with Crippen LogP contribution in [0.15, 0.2) is 105 Å². The summed E-state index contributed by atoms with van der Waals surface area (Å²) in [5.74, 6) is 0.850. The molecule has 2 aromatic heterocycles. The number of thiazole rings is 1. The van der Waals surface area contributed by atoms with Crippen molar-refractivity contribution >= 4 is 29.1 Å². The minimum absolute atomic E-state index is 0.140. The lowest BCUT2D eigenvalue weighted by Crippen LogP contribution is -2.38. The van der Waals surface area contributed by atoms with Crippen LogP contribution in [-0.4, -0.2) is 22.8 Å². The predicted molar refractivity (Wildman–Crippen MR) is 157 cm³/mol. The lowest BCUT2D eigenvalue weighted by Gasteiger charge is -2.31. The van der Waals surface area contributed by atoms with Crippen molar-refractivity contribution in [2.45, 2.75) is 18.9 Å². The van der Waals surface area contributed by atoms with Crippen molar-refractivity contribution in [3.8, 4) is 17.1 Å². The molecule has 8 heteroatoms. The Morgan fingerprint density at radius 2 is 1.80 bits per heavy atom. The van der Waals surface area contributed by atoms with Gasteiger partial charge in [-0.1, -0.05) is 65.9 Å². The first-order chi connectivity index (χ1) is 20.0. The SMILES string of the molecule is COc1ccccc1[C@@H]1C2=C(N=c3s/c(=C\c4ccc(-c5ccc(C(=O)O)cc5)o4)c(=O)n31)c1ccccc1CC2. The normalized spacial score (nSPS) is 16.0. The molecule has 3 aromatic carbocycles. The summed E-state index contributed by atoms with van der Waals surface area (Å²) in [5.41, 5.74) is 6.14. The molecule has 1 N–H and O–H groups in total. The number of hydrogen-bond acceptors (Lipinski definition) is 6. The summed E-state index contributed by atoms with van der Waals surface area (Å²) in [6.45, 7) is 0. The van der Waals surface area contributed by atoms with E-state index in [4.69, 9.17) is 14.1 Å². The van der Waals surface area contributed by atoms with Crippen LogP contribution in [0.5, 0.6) is 5.75 Å². The maximum Gasteiger partial charge on any atom is 0.335 e. The van der Waals surface area contributed by atoms with Gasteiger partial charge in [-0.2, -0.15) is 0 Å². The van der Waals surface area contributed by atoms with Crippen LogP contribution in [0.3, 0.4) is 0 Å². The summed E-state index contributed by atoms with van der Waals surface area (Å²) < 4.78 is 14.1. The second-order valence-corrected chi connectivity index (χ2v) is 10.9. The summed E-state index contributed by atoms with van der Waals surface area (Å²) in [7, 11) is 1.65. The molecule has 5 aromatic rings. The first kappa shape index (κ1) is 25.0. The first-order valence-corrected chi connectivity index (χ1v) is 14.0. The van der Waals surface area contributed by atoms with Crippen LogP contribution in [0, 0.1) is 0 Å². The lowest BCUT2D eigenvalue weighted by molar-refractivity contribution is 0.0697. The number of allylic oxidation sites excluding steroid dienone is 1. The molecular formula is C33H24N2O5S. The Kier molecular flexibility index (Phi) is 6.05. The Hall–Kier alpha value is -4.95. The van der Waals surface area contributed by atoms with E-state index in [1.165, 1.54) is 29.0 Å². The monoisotopic (exact) mass is 560 g/mol. The Morgan fingerprint density at radius 3 is 2.61 bits per heavy atom. The molecular weight excluding hydrogens is 536 g/mol. The van der Waals surface area contributed by atoms with Crippen LogP contribution >= 0.6 is 11.3 Å². The van der Waals surface area contributed by atoms with Crippen LogP contribution < -0.4 is 19.6 Å². The molecule has 0 fully saturated rings. The summed E-state index contributed by atoms with van der Waals surface area (Å²) in [4.78, 5) is 30.9. The second-order valence-electron chi connectivity index (χ2n) is 9.94. The summed E-state index contributed by atoms with van der Waals surface area (Å²) in [6, 6.07) is 25.9. The van der Waals surface area contributed by atoms with Crippen LogP contribution in [0.25, 0.3) is 23.1 Å². The number of aryl methyl sites for hydroxylation is 1. The molecule has 0 saturated carbocycles. The van der Waals surface area contributed by atoms with Gasteiger partial charge in [-0.05, 0) is 54.3 Å². The number of aromatic carboxylic acids is 1. The largest absolute Gasteiger partial charge is 0.496 e.